The number of rotatable bonds is 8. The van der Waals surface area contributed by atoms with Gasteiger partial charge in [-0.05, 0) is 24.5 Å². The number of sulfone groups is 1. The zero-order valence-corrected chi connectivity index (χ0v) is 28.4. The molecule has 26 heteroatoms. The fourth-order valence-electron chi connectivity index (χ4n) is 3.87. The van der Waals surface area contributed by atoms with Crippen LogP contribution in [0.4, 0.5) is 70.3 Å². The quantitative estimate of drug-likeness (QED) is 0.0444. The number of aromatic nitrogens is 4. The molecule has 0 saturated heterocycles. The molecule has 0 unspecified atom stereocenters. The molecule has 0 fully saturated rings. The fraction of sp³-hybridized carbons (Fsp3) is 0.259. The average Bonchev–Trinajstić information content (AvgIpc) is 2.97. The number of nitrogens with one attached hydrogen (secondary N) is 2. The molecule has 0 bridgehead atoms. The second-order valence-corrected chi connectivity index (χ2v) is 12.9. The molecule has 2 N–H and O–H groups in total. The van der Waals surface area contributed by atoms with Crippen molar-refractivity contribution in [2.45, 2.75) is 43.4 Å². The number of benzene rings is 2. The lowest BCUT2D eigenvalue weighted by molar-refractivity contribution is -0.139. The second-order valence-electron chi connectivity index (χ2n) is 10.3. The van der Waals surface area contributed by atoms with Gasteiger partial charge >= 0.3 is 12.4 Å². The van der Waals surface area contributed by atoms with Gasteiger partial charge in [-0.1, -0.05) is 23.2 Å². The van der Waals surface area contributed by atoms with Gasteiger partial charge in [-0.25, -0.2) is 54.7 Å². The van der Waals surface area contributed by atoms with Crippen LogP contribution in [0.3, 0.4) is 0 Å². The molecule has 2 aromatic heterocycles. The largest absolute Gasteiger partial charge is 0.408 e. The molecule has 0 aliphatic carbocycles. The summed E-state index contributed by atoms with van der Waals surface area (Å²) in [5.41, 5.74) is 4.96. The predicted molar refractivity (Wildman–Crippen MR) is 165 cm³/mol. The highest BCUT2D eigenvalue weighted by molar-refractivity contribution is 7.90. The summed E-state index contributed by atoms with van der Waals surface area (Å²) in [6.45, 7) is 1.38. The van der Waals surface area contributed by atoms with Crippen molar-refractivity contribution in [3.05, 3.63) is 79.9 Å². The van der Waals surface area contributed by atoms with E-state index in [1.165, 1.54) is 0 Å². The van der Waals surface area contributed by atoms with Crippen molar-refractivity contribution in [1.82, 2.24) is 19.9 Å². The van der Waals surface area contributed by atoms with Crippen LogP contribution < -0.4 is 10.6 Å². The summed E-state index contributed by atoms with van der Waals surface area (Å²) in [5.74, 6) is -10.7. The lowest BCUT2D eigenvalue weighted by Crippen LogP contribution is -2.34. The van der Waals surface area contributed by atoms with Gasteiger partial charge in [0.1, 0.15) is 68.9 Å². The van der Waals surface area contributed by atoms with E-state index in [0.29, 0.717) is 32.2 Å². The Labute approximate surface area is 298 Å². The first-order valence-corrected chi connectivity index (χ1v) is 16.3. The number of halogens is 14. The zero-order valence-electron chi connectivity index (χ0n) is 26.1. The van der Waals surface area contributed by atoms with Crippen LogP contribution in [0.25, 0.3) is 32.7 Å². The SMILES string of the molecule is C[C@H](Nc1nc(N=[N+]=[N-])nc(Cl)c1-c1c(F)cc(F)cc1F)C(F)(F)F.C[C@H](Nc1nc(S(C)(=O)=O)nc(Cl)c1-c1c(F)cc(F)cc1F)C(F)(F)F. The Kier molecular flexibility index (Phi) is 12.9. The molecule has 53 heavy (non-hydrogen) atoms. The van der Waals surface area contributed by atoms with Crippen molar-refractivity contribution in [2.24, 2.45) is 5.11 Å². The first kappa shape index (κ1) is 42.6. The van der Waals surface area contributed by atoms with Crippen LogP contribution in [0.1, 0.15) is 13.8 Å². The van der Waals surface area contributed by atoms with E-state index in [1.54, 1.807) is 0 Å². The molecule has 4 rings (SSSR count). The van der Waals surface area contributed by atoms with Crippen molar-refractivity contribution in [3.8, 4) is 22.3 Å². The smallest absolute Gasteiger partial charge is 0.358 e. The van der Waals surface area contributed by atoms with Gasteiger partial charge in [-0.3, -0.25) is 0 Å². The highest BCUT2D eigenvalue weighted by Crippen LogP contribution is 2.40. The van der Waals surface area contributed by atoms with E-state index in [0.717, 1.165) is 0 Å². The summed E-state index contributed by atoms with van der Waals surface area (Å²) < 4.78 is 183. The molecule has 286 valence electrons. The lowest BCUT2D eigenvalue weighted by atomic mass is 10.1. The van der Waals surface area contributed by atoms with E-state index in [2.05, 4.69) is 30.0 Å². The highest BCUT2D eigenvalue weighted by Gasteiger charge is 2.39. The third-order valence-electron chi connectivity index (χ3n) is 6.37. The number of azide groups is 1. The molecule has 0 spiro atoms. The number of hydrogen-bond donors (Lipinski definition) is 2. The third-order valence-corrected chi connectivity index (χ3v) is 7.76. The van der Waals surface area contributed by atoms with E-state index >= 15 is 0 Å². The van der Waals surface area contributed by atoms with Gasteiger partial charge in [0.15, 0.2) is 0 Å². The average molecular weight is 830 g/mol. The van der Waals surface area contributed by atoms with Gasteiger partial charge in [-0.15, -0.1) is 0 Å². The fourth-order valence-corrected chi connectivity index (χ4v) is 4.96. The topological polar surface area (TPSA) is 159 Å². The molecular formula is C27H17Cl2F12N9O2S. The Morgan fingerprint density at radius 1 is 0.679 bits per heavy atom. The van der Waals surface area contributed by atoms with E-state index in [9.17, 15) is 61.1 Å². The molecule has 11 nitrogen and oxygen atoms in total. The second kappa shape index (κ2) is 16.1. The van der Waals surface area contributed by atoms with E-state index in [4.69, 9.17) is 28.7 Å². The maximum absolute atomic E-state index is 14.1. The van der Waals surface area contributed by atoms with E-state index in [-0.39, 0.29) is 12.1 Å². The summed E-state index contributed by atoms with van der Waals surface area (Å²) in [6, 6.07) is -3.33. The molecule has 0 aliphatic rings. The highest BCUT2D eigenvalue weighted by atomic mass is 35.5. The molecule has 4 aromatic rings. The summed E-state index contributed by atoms with van der Waals surface area (Å²) in [7, 11) is -4.12. The maximum atomic E-state index is 14.1. The van der Waals surface area contributed by atoms with Gasteiger partial charge in [0.2, 0.25) is 20.9 Å². The van der Waals surface area contributed by atoms with E-state index in [1.807, 2.05) is 10.6 Å². The molecule has 2 heterocycles. The van der Waals surface area contributed by atoms with Crippen LogP contribution >= 0.6 is 23.2 Å². The Balaban J connectivity index is 0.000000286. The monoisotopic (exact) mass is 829 g/mol. The molecule has 2 aromatic carbocycles. The number of anilines is 2. The molecule has 0 saturated carbocycles. The summed E-state index contributed by atoms with van der Waals surface area (Å²) in [6.07, 6.45) is -8.89. The first-order valence-electron chi connectivity index (χ1n) is 13.6. The Morgan fingerprint density at radius 2 is 1.04 bits per heavy atom. The molecular weight excluding hydrogens is 813 g/mol. The number of nitrogens with zero attached hydrogens (tertiary/aromatic N) is 7. The van der Waals surface area contributed by atoms with Gasteiger partial charge in [0.05, 0.1) is 22.3 Å². The van der Waals surface area contributed by atoms with Crippen LogP contribution in [0.15, 0.2) is 34.5 Å². The summed E-state index contributed by atoms with van der Waals surface area (Å²) in [4.78, 5) is 16.1. The molecule has 0 radical (unpaired) electrons. The summed E-state index contributed by atoms with van der Waals surface area (Å²) in [5, 5.41) is 4.19. The Hall–Kier alpha value is -4.80. The molecule has 2 atom stereocenters. The van der Waals surface area contributed by atoms with Gasteiger partial charge in [0.25, 0.3) is 0 Å². The van der Waals surface area contributed by atoms with Gasteiger partial charge < -0.3 is 10.6 Å². The zero-order chi connectivity index (χ0) is 40.4. The van der Waals surface area contributed by atoms with Crippen LogP contribution in [-0.4, -0.2) is 59.0 Å². The Bertz CT molecular complexity index is 2160. The van der Waals surface area contributed by atoms with Crippen LogP contribution in [0, 0.1) is 34.9 Å². The minimum atomic E-state index is -4.81. The van der Waals surface area contributed by atoms with Crippen LogP contribution in [0.5, 0.6) is 0 Å². The first-order chi connectivity index (χ1) is 24.3. The van der Waals surface area contributed by atoms with Crippen molar-refractivity contribution >= 4 is 50.6 Å². The van der Waals surface area contributed by atoms with Crippen molar-refractivity contribution in [2.75, 3.05) is 16.9 Å². The normalized spacial score (nSPS) is 13.0. The minimum absolute atomic E-state index is 0.274. The van der Waals surface area contributed by atoms with Crippen molar-refractivity contribution in [3.63, 3.8) is 0 Å². The van der Waals surface area contributed by atoms with Crippen molar-refractivity contribution in [1.29, 1.82) is 0 Å². The maximum Gasteiger partial charge on any atom is 0.408 e. The van der Waals surface area contributed by atoms with Crippen LogP contribution in [0.2, 0.25) is 10.3 Å². The van der Waals surface area contributed by atoms with Crippen molar-refractivity contribution < 1.29 is 61.1 Å². The van der Waals surface area contributed by atoms with E-state index < -0.39 is 124 Å². The number of alkyl halides is 6. The number of hydrogen-bond acceptors (Lipinski definition) is 9. The van der Waals surface area contributed by atoms with Gasteiger partial charge in [0, 0.05) is 35.4 Å². The third kappa shape index (κ3) is 10.4. The van der Waals surface area contributed by atoms with Crippen LogP contribution in [-0.2, 0) is 9.84 Å². The Morgan fingerprint density at radius 3 is 1.38 bits per heavy atom. The predicted octanol–water partition coefficient (Wildman–Crippen LogP) is 9.50. The minimum Gasteiger partial charge on any atom is -0.358 e. The standard InChI is InChI=1S/C14H10ClF6N3O2S.C13H7ClF6N6/c1-5(14(19,20)21)22-12-10(9-7(17)3-6(16)4-8(9)18)11(15)23-13(24-12)27(2,25)26;1-4(13(18,19)20)22-11-9(10(14)23-12(24-11)25-26-21)8-6(16)2-5(15)3-7(8)17/h3-5H,1-2H3,(H,22,23,24);2-4H,1H3,(H,22,23,24)/t5-;4-/m00/s1. The molecule has 0 amide bonds. The molecule has 0 aliphatic heterocycles. The lowest BCUT2D eigenvalue weighted by Gasteiger charge is -2.21. The van der Waals surface area contributed by atoms with Gasteiger partial charge in [-0.2, -0.15) is 26.3 Å². The summed E-state index contributed by atoms with van der Waals surface area (Å²) >= 11 is 11.6.